The predicted molar refractivity (Wildman–Crippen MR) is 537 cm³/mol. The van der Waals surface area contributed by atoms with Crippen molar-refractivity contribution in [3.05, 3.63) is 35.9 Å². The topological polar surface area (TPSA) is 55.9 Å². The molecule has 0 bridgehead atoms. The van der Waals surface area contributed by atoms with Crippen LogP contribution in [0.4, 0.5) is 8.78 Å². The van der Waals surface area contributed by atoms with Crippen LogP contribution in [-0.4, -0.2) is 267 Å². The quantitative estimate of drug-likeness (QED) is 0.295. The molecular formula is C110H213F2N11O. The van der Waals surface area contributed by atoms with Gasteiger partial charge in [0, 0.05) is 118 Å². The van der Waals surface area contributed by atoms with Gasteiger partial charge in [-0.15, -0.1) is 0 Å². The summed E-state index contributed by atoms with van der Waals surface area (Å²) in [6.07, 6.45) is 44.0. The molecule has 7 atom stereocenters. The van der Waals surface area contributed by atoms with Crippen molar-refractivity contribution in [2.75, 3.05) is 105 Å². The van der Waals surface area contributed by atoms with Crippen molar-refractivity contribution in [3.8, 4) is 0 Å². The number of nitrogens with zero attached hydrogens (tertiary/aromatic N) is 11. The number of hydrogen-bond acceptors (Lipinski definition) is 12. The zero-order valence-corrected chi connectivity index (χ0v) is 88.9. The number of benzene rings is 1. The third kappa shape index (κ3) is 37.8. The second-order valence-electron chi connectivity index (χ2n) is 51.7. The fourth-order valence-corrected chi connectivity index (χ4v) is 23.4. The van der Waals surface area contributed by atoms with Gasteiger partial charge in [-0.2, -0.15) is 0 Å². The fraction of sp³-hybridized carbons (Fsp3) is 0.945. The minimum absolute atomic E-state index is 0.109. The fourth-order valence-electron chi connectivity index (χ4n) is 23.4. The number of hydrogen-bond donors (Lipinski definition) is 1. The van der Waals surface area contributed by atoms with Crippen LogP contribution in [-0.2, 0) is 0 Å². The molecule has 11 saturated heterocycles. The van der Waals surface area contributed by atoms with Crippen molar-refractivity contribution >= 4 is 0 Å². The molecule has 1 aromatic carbocycles. The summed E-state index contributed by atoms with van der Waals surface area (Å²) in [6, 6.07) is 14.7. The normalized spacial score (nSPS) is 28.0. The van der Waals surface area contributed by atoms with E-state index < -0.39 is 12.0 Å². The van der Waals surface area contributed by atoms with Crippen molar-refractivity contribution in [2.24, 2.45) is 23.7 Å². The molecule has 11 aliphatic heterocycles. The number of likely N-dealkylation sites (tertiary alicyclic amines) is 11. The number of alkyl halides is 2. The average molecular weight is 1740 g/mol. The van der Waals surface area contributed by atoms with Gasteiger partial charge in [-0.1, -0.05) is 69.4 Å². The molecule has 1 aromatic rings. The molecule has 3 saturated carbocycles. The first-order chi connectivity index (χ1) is 57.3. The molecule has 0 spiro atoms. The summed E-state index contributed by atoms with van der Waals surface area (Å²) in [5, 5.41) is 9.85. The van der Waals surface area contributed by atoms with Gasteiger partial charge < -0.3 is 10.0 Å². The van der Waals surface area contributed by atoms with Crippen molar-refractivity contribution in [1.29, 1.82) is 0 Å². The smallest absolute Gasteiger partial charge is 0.260 e. The largest absolute Gasteiger partial charge is 0.392 e. The van der Waals surface area contributed by atoms with Crippen molar-refractivity contribution < 1.29 is 13.9 Å². The highest BCUT2D eigenvalue weighted by atomic mass is 19.3. The summed E-state index contributed by atoms with van der Waals surface area (Å²) < 4.78 is 26.3. The van der Waals surface area contributed by atoms with Crippen LogP contribution in [0.15, 0.2) is 30.3 Å². The minimum Gasteiger partial charge on any atom is -0.392 e. The van der Waals surface area contributed by atoms with E-state index in [2.05, 4.69) is 274 Å². The minimum atomic E-state index is -2.57. The molecule has 12 nitrogen and oxygen atoms in total. The van der Waals surface area contributed by atoms with Gasteiger partial charge in [0.25, 0.3) is 5.92 Å². The molecule has 0 aromatic heterocycles. The van der Waals surface area contributed by atoms with E-state index in [1.54, 1.807) is 0 Å². The van der Waals surface area contributed by atoms with Crippen LogP contribution in [0.2, 0.25) is 0 Å². The van der Waals surface area contributed by atoms with Crippen LogP contribution in [0.1, 0.15) is 446 Å². The van der Waals surface area contributed by atoms with E-state index in [0.29, 0.717) is 56.8 Å². The Labute approximate surface area is 771 Å². The summed E-state index contributed by atoms with van der Waals surface area (Å²) in [5.74, 6) is 1.51. The molecule has 728 valence electrons. The number of halogens is 2. The summed E-state index contributed by atoms with van der Waals surface area (Å²) in [5.41, 5.74) is 4.44. The van der Waals surface area contributed by atoms with E-state index in [9.17, 15) is 13.9 Å². The molecule has 1 N–H and O–H groups in total. The van der Waals surface area contributed by atoms with Crippen LogP contribution in [0.5, 0.6) is 0 Å². The average Bonchev–Trinajstić information content (AvgIpc) is 1.64. The monoisotopic (exact) mass is 1740 g/mol. The number of aliphatic hydroxyl groups is 1. The number of piperidine rings is 3. The summed E-state index contributed by atoms with van der Waals surface area (Å²) in [7, 11) is 0. The van der Waals surface area contributed by atoms with Crippen LogP contribution in [0.3, 0.4) is 0 Å². The van der Waals surface area contributed by atoms with Gasteiger partial charge in [-0.05, 0) is 502 Å². The highest BCUT2D eigenvalue weighted by molar-refractivity contribution is 5.21. The number of aliphatic hydroxyl groups excluding tert-OH is 1. The van der Waals surface area contributed by atoms with Gasteiger partial charge in [0.15, 0.2) is 0 Å². The summed E-state index contributed by atoms with van der Waals surface area (Å²) in [6.45, 7) is 94.3. The highest BCUT2D eigenvalue weighted by Crippen LogP contribution is 2.45. The van der Waals surface area contributed by atoms with E-state index in [0.717, 1.165) is 86.7 Å². The zero-order valence-electron chi connectivity index (χ0n) is 88.9. The molecule has 14 fully saturated rings. The van der Waals surface area contributed by atoms with Crippen LogP contribution in [0, 0.1) is 23.7 Å². The van der Waals surface area contributed by atoms with Crippen molar-refractivity contribution in [2.45, 2.75) is 544 Å². The molecule has 3 aliphatic carbocycles. The van der Waals surface area contributed by atoms with Gasteiger partial charge in [-0.3, -0.25) is 49.0 Å². The third-order valence-corrected chi connectivity index (χ3v) is 31.1. The number of rotatable bonds is 6. The first-order valence-corrected chi connectivity index (χ1v) is 52.7. The maximum atomic E-state index is 13.2. The van der Waals surface area contributed by atoms with Crippen LogP contribution >= 0.6 is 0 Å². The Morgan fingerprint density at radius 2 is 0.589 bits per heavy atom. The molecule has 124 heavy (non-hydrogen) atoms. The maximum absolute atomic E-state index is 13.2. The molecule has 14 heteroatoms. The molecule has 14 aliphatic rings. The highest BCUT2D eigenvalue weighted by Gasteiger charge is 2.47. The zero-order chi connectivity index (χ0) is 92.8. The van der Waals surface area contributed by atoms with E-state index >= 15 is 0 Å². The van der Waals surface area contributed by atoms with Crippen molar-refractivity contribution in [3.63, 3.8) is 0 Å². The van der Waals surface area contributed by atoms with E-state index in [4.69, 9.17) is 0 Å². The lowest BCUT2D eigenvalue weighted by molar-refractivity contribution is -0.0747. The van der Waals surface area contributed by atoms with Gasteiger partial charge in [0.05, 0.1) is 12.1 Å². The Kier molecular flexibility index (Phi) is 44.2. The predicted octanol–water partition coefficient (Wildman–Crippen LogP) is 26.3. The van der Waals surface area contributed by atoms with Crippen LogP contribution in [0.25, 0.3) is 0 Å². The standard InChI is InChI=1S/C14H21NO.C14H27N.C13H26N2.C12H23N.C11H21N.C10H19F2N.C10H21N.2C9H19N.C8H17N/c1-14(2,3)15-10-12(16)9-13(15)11-7-5-4-6-8-11;1-14(2,3)15-11-7-10-13(15)12-8-5-4-6-9-12;1-13(2,3)15-10-6-12(7-11-15)14-8-4-5-9-14;1-12(2,3)13-9-5-8-11(13)10-6-4-7-10;1-11(2,3)12-8-4-5-10(12)9-6-7-9;1-9(2,3)13-7-5-6-8(13)10(4,11)12;1-9-5-7-11(8-6-9)10(2,3)4;1-8-6-5-7-10(8)9(2,3)4;1-9(2,3)10-7-5-4-6-8-10;1-8(2,3)9-6-4-5-7-9/h4-8,12-13,16H,9-10H2,1-3H3;12-13H,4-11H2,1-3H3;12H,4-11H2,1-3H3;10-11H,4-9H2,1-3H3;9-10H,4-8H2,1-3H3;8H,5-7H2,1-4H3;9H,5-8H2,1-4H3;8H,5-7H2,1-4H3;4-8H2,1-3H3;4-7H2,1-3H3. The lowest BCUT2D eigenvalue weighted by Crippen LogP contribution is -2.51. The summed E-state index contributed by atoms with van der Waals surface area (Å²) in [4.78, 5) is 28.2. The molecular weight excluding hydrogens is 1530 g/mol. The lowest BCUT2D eigenvalue weighted by atomic mass is 9.78. The second kappa shape index (κ2) is 49.2. The van der Waals surface area contributed by atoms with Gasteiger partial charge in [0.2, 0.25) is 0 Å². The molecule has 15 rings (SSSR count). The SMILES string of the molecule is CC(C)(C)N1CC(O)CC1c1ccccc1.CC(C)(C)N1CCC(N2CCCC2)CC1.CC(C)(C)N1CCCC1.CC(C)(C)N1CCCC1C1CC1.CC(C)(C)N1CCCC1C1CCC1.CC(C)(C)N1CCCC1C1CCCCC1.CC(C)(C)N1CCCCC1.CC(F)(F)C1CCCN1C(C)(C)C.CC1CCCN1C(C)(C)C.CC1CCN(C(C)(C)C)CC1. The Bertz CT molecular complexity index is 2960. The van der Waals surface area contributed by atoms with Gasteiger partial charge >= 0.3 is 0 Å². The third-order valence-electron chi connectivity index (χ3n) is 31.1. The maximum Gasteiger partial charge on any atom is 0.260 e. The summed E-state index contributed by atoms with van der Waals surface area (Å²) >= 11 is 0. The molecule has 11 heterocycles. The molecule has 0 radical (unpaired) electrons. The molecule has 7 unspecified atom stereocenters. The molecule has 0 amide bonds. The lowest BCUT2D eigenvalue weighted by Gasteiger charge is -2.43. The Morgan fingerprint density at radius 3 is 0.903 bits per heavy atom. The van der Waals surface area contributed by atoms with E-state index in [1.165, 1.54) is 283 Å². The van der Waals surface area contributed by atoms with Gasteiger partial charge in [0.1, 0.15) is 0 Å². The Balaban J connectivity index is 0.000000214. The first-order valence-electron chi connectivity index (χ1n) is 52.7. The first kappa shape index (κ1) is 111. The van der Waals surface area contributed by atoms with Crippen molar-refractivity contribution in [1.82, 2.24) is 53.9 Å². The van der Waals surface area contributed by atoms with E-state index in [-0.39, 0.29) is 17.2 Å². The Hall–Kier alpha value is -1.40. The second-order valence-corrected chi connectivity index (χ2v) is 51.7. The Morgan fingerprint density at radius 1 is 0.274 bits per heavy atom. The van der Waals surface area contributed by atoms with Crippen LogP contribution < -0.4 is 0 Å². The number of β-amino-alcohol motifs (C(OH)–C–C–N with tert-alkyl or cyclic N) is 1. The van der Waals surface area contributed by atoms with E-state index in [1.807, 2.05) is 31.7 Å². The van der Waals surface area contributed by atoms with Gasteiger partial charge in [-0.25, -0.2) is 8.78 Å².